The summed E-state index contributed by atoms with van der Waals surface area (Å²) in [6.45, 7) is 6.15. The Bertz CT molecular complexity index is 914. The molecule has 166 valence electrons. The predicted octanol–water partition coefficient (Wildman–Crippen LogP) is 4.29. The highest BCUT2D eigenvalue weighted by Gasteiger charge is 2.35. The van der Waals surface area contributed by atoms with Gasteiger partial charge in [0.2, 0.25) is 0 Å². The van der Waals surface area contributed by atoms with Gasteiger partial charge in [0.1, 0.15) is 11.4 Å². The first kappa shape index (κ1) is 21.4. The van der Waals surface area contributed by atoms with Crippen LogP contribution in [0.15, 0.2) is 40.9 Å². The molecule has 31 heavy (non-hydrogen) atoms. The standard InChI is InChI=1S/C24H31N3O4/c1-24(2,3)30-23(29)27-12-11-18(14-19(27)13-16-7-5-4-6-8-16)25-22(28)20-15-21(31-26-20)17-9-10-17/h4-8,15,17-19H,9-14H2,1-3H3,(H,25,28)/t18-,19+/m1/s1. The molecular weight excluding hydrogens is 394 g/mol. The molecule has 0 bridgehead atoms. The zero-order chi connectivity index (χ0) is 22.0. The van der Waals surface area contributed by atoms with Gasteiger partial charge in [0, 0.05) is 30.6 Å². The Labute approximate surface area is 183 Å². The Balaban J connectivity index is 1.43. The summed E-state index contributed by atoms with van der Waals surface area (Å²) in [6.07, 6.45) is 3.93. The predicted molar refractivity (Wildman–Crippen MR) is 116 cm³/mol. The number of nitrogens with one attached hydrogen (secondary N) is 1. The lowest BCUT2D eigenvalue weighted by molar-refractivity contribution is 0.00730. The van der Waals surface area contributed by atoms with Gasteiger partial charge in [0.25, 0.3) is 5.91 Å². The Hall–Kier alpha value is -2.83. The van der Waals surface area contributed by atoms with Crippen LogP contribution < -0.4 is 5.32 Å². The molecule has 7 heteroatoms. The van der Waals surface area contributed by atoms with Crippen molar-refractivity contribution in [3.05, 3.63) is 53.4 Å². The zero-order valence-corrected chi connectivity index (χ0v) is 18.5. The van der Waals surface area contributed by atoms with E-state index in [1.165, 1.54) is 0 Å². The van der Waals surface area contributed by atoms with E-state index >= 15 is 0 Å². The highest BCUT2D eigenvalue weighted by Crippen LogP contribution is 2.40. The highest BCUT2D eigenvalue weighted by molar-refractivity contribution is 5.92. The van der Waals surface area contributed by atoms with E-state index in [2.05, 4.69) is 22.6 Å². The number of hydrogen-bond acceptors (Lipinski definition) is 5. The molecule has 2 aromatic rings. The van der Waals surface area contributed by atoms with Gasteiger partial charge in [-0.15, -0.1) is 0 Å². The van der Waals surface area contributed by atoms with Gasteiger partial charge in [-0.3, -0.25) is 4.79 Å². The first-order valence-electron chi connectivity index (χ1n) is 11.1. The third-order valence-electron chi connectivity index (χ3n) is 5.73. The lowest BCUT2D eigenvalue weighted by atomic mass is 9.92. The molecule has 1 aliphatic carbocycles. The minimum Gasteiger partial charge on any atom is -0.444 e. The van der Waals surface area contributed by atoms with Crippen LogP contribution in [-0.2, 0) is 11.2 Å². The van der Waals surface area contributed by atoms with E-state index in [4.69, 9.17) is 9.26 Å². The number of ether oxygens (including phenoxy) is 1. The van der Waals surface area contributed by atoms with Crippen molar-refractivity contribution in [1.29, 1.82) is 0 Å². The molecule has 2 amide bonds. The first-order valence-corrected chi connectivity index (χ1v) is 11.1. The van der Waals surface area contributed by atoms with Crippen molar-refractivity contribution < 1.29 is 18.8 Å². The average Bonchev–Trinajstić information content (AvgIpc) is 3.44. The fraction of sp³-hybridized carbons (Fsp3) is 0.542. The SMILES string of the molecule is CC(C)(C)OC(=O)N1CC[C@@H](NC(=O)c2cc(C3CC3)on2)C[C@@H]1Cc1ccccc1. The Morgan fingerprint density at radius 2 is 1.94 bits per heavy atom. The maximum absolute atomic E-state index is 12.8. The molecule has 1 N–H and O–H groups in total. The summed E-state index contributed by atoms with van der Waals surface area (Å²) >= 11 is 0. The molecule has 1 aromatic heterocycles. The lowest BCUT2D eigenvalue weighted by Gasteiger charge is -2.40. The molecule has 1 saturated carbocycles. The molecular formula is C24H31N3O4. The van der Waals surface area contributed by atoms with E-state index in [1.54, 1.807) is 6.07 Å². The maximum atomic E-state index is 12.8. The number of carbonyl (C=O) groups is 2. The van der Waals surface area contributed by atoms with Crippen LogP contribution >= 0.6 is 0 Å². The summed E-state index contributed by atoms with van der Waals surface area (Å²) in [5, 5.41) is 7.03. The van der Waals surface area contributed by atoms with Crippen molar-refractivity contribution in [3.8, 4) is 0 Å². The Morgan fingerprint density at radius 1 is 1.19 bits per heavy atom. The molecule has 7 nitrogen and oxygen atoms in total. The fourth-order valence-electron chi connectivity index (χ4n) is 4.04. The molecule has 2 atom stereocenters. The summed E-state index contributed by atoms with van der Waals surface area (Å²) in [7, 11) is 0. The molecule has 0 unspecified atom stereocenters. The van der Waals surface area contributed by atoms with Crippen LogP contribution in [0.2, 0.25) is 0 Å². The number of hydrogen-bond donors (Lipinski definition) is 1. The third-order valence-corrected chi connectivity index (χ3v) is 5.73. The third kappa shape index (κ3) is 5.66. The second-order valence-electron chi connectivity index (χ2n) is 9.60. The Morgan fingerprint density at radius 3 is 2.61 bits per heavy atom. The molecule has 2 heterocycles. The van der Waals surface area contributed by atoms with Gasteiger partial charge in [0.05, 0.1) is 0 Å². The number of nitrogens with zero attached hydrogens (tertiary/aromatic N) is 2. The van der Waals surface area contributed by atoms with E-state index in [9.17, 15) is 9.59 Å². The fourth-order valence-corrected chi connectivity index (χ4v) is 4.04. The smallest absolute Gasteiger partial charge is 0.410 e. The molecule has 2 fully saturated rings. The van der Waals surface area contributed by atoms with Gasteiger partial charge >= 0.3 is 6.09 Å². The number of rotatable bonds is 5. The van der Waals surface area contributed by atoms with Crippen LogP contribution in [0.25, 0.3) is 0 Å². The summed E-state index contributed by atoms with van der Waals surface area (Å²) in [5.41, 5.74) is 0.931. The highest BCUT2D eigenvalue weighted by atomic mass is 16.6. The number of amides is 2. The number of likely N-dealkylation sites (tertiary alicyclic amines) is 1. The summed E-state index contributed by atoms with van der Waals surface area (Å²) in [6, 6.07) is 11.7. The van der Waals surface area contributed by atoms with Gasteiger partial charge in [-0.2, -0.15) is 0 Å². The van der Waals surface area contributed by atoms with Crippen LogP contribution in [0.1, 0.15) is 74.2 Å². The molecule has 1 saturated heterocycles. The van der Waals surface area contributed by atoms with Crippen molar-refractivity contribution in [2.45, 2.75) is 76.5 Å². The van der Waals surface area contributed by atoms with Gasteiger partial charge < -0.3 is 19.5 Å². The van der Waals surface area contributed by atoms with Crippen molar-refractivity contribution in [3.63, 3.8) is 0 Å². The zero-order valence-electron chi connectivity index (χ0n) is 18.5. The van der Waals surface area contributed by atoms with Crippen LogP contribution in [0.4, 0.5) is 4.79 Å². The van der Waals surface area contributed by atoms with Gasteiger partial charge in [-0.1, -0.05) is 35.5 Å². The molecule has 4 rings (SSSR count). The molecule has 0 spiro atoms. The molecule has 1 aromatic carbocycles. The van der Waals surface area contributed by atoms with Gasteiger partial charge in [-0.05, 0) is 58.4 Å². The van der Waals surface area contributed by atoms with Crippen LogP contribution in [0.5, 0.6) is 0 Å². The molecule has 1 aliphatic heterocycles. The lowest BCUT2D eigenvalue weighted by Crippen LogP contribution is -2.53. The van der Waals surface area contributed by atoms with E-state index in [-0.39, 0.29) is 24.1 Å². The van der Waals surface area contributed by atoms with E-state index in [0.29, 0.717) is 37.4 Å². The normalized spacial score (nSPS) is 21.6. The maximum Gasteiger partial charge on any atom is 0.410 e. The number of piperidine rings is 1. The van der Waals surface area contributed by atoms with Crippen molar-refractivity contribution >= 4 is 12.0 Å². The molecule has 0 radical (unpaired) electrons. The van der Waals surface area contributed by atoms with Crippen molar-refractivity contribution in [2.24, 2.45) is 0 Å². The van der Waals surface area contributed by atoms with Crippen LogP contribution in [0, 0.1) is 0 Å². The van der Waals surface area contributed by atoms with Gasteiger partial charge in [-0.25, -0.2) is 4.79 Å². The number of carbonyl (C=O) groups excluding carboxylic acids is 2. The van der Waals surface area contributed by atoms with E-state index in [0.717, 1.165) is 24.2 Å². The minimum atomic E-state index is -0.550. The van der Waals surface area contributed by atoms with E-state index < -0.39 is 5.60 Å². The second kappa shape index (κ2) is 8.73. The van der Waals surface area contributed by atoms with Crippen molar-refractivity contribution in [2.75, 3.05) is 6.54 Å². The minimum absolute atomic E-state index is 0.0408. The van der Waals surface area contributed by atoms with Gasteiger partial charge in [0.15, 0.2) is 5.69 Å². The molecule has 2 aliphatic rings. The Kier molecular flexibility index (Phi) is 6.03. The average molecular weight is 426 g/mol. The van der Waals surface area contributed by atoms with Crippen molar-refractivity contribution in [1.82, 2.24) is 15.4 Å². The topological polar surface area (TPSA) is 84.7 Å². The van der Waals surface area contributed by atoms with Crippen LogP contribution in [-0.4, -0.2) is 46.3 Å². The summed E-state index contributed by atoms with van der Waals surface area (Å²) in [5.74, 6) is 0.998. The summed E-state index contributed by atoms with van der Waals surface area (Å²) in [4.78, 5) is 27.3. The van der Waals surface area contributed by atoms with Crippen LogP contribution in [0.3, 0.4) is 0 Å². The quantitative estimate of drug-likeness (QED) is 0.772. The largest absolute Gasteiger partial charge is 0.444 e. The first-order chi connectivity index (χ1) is 14.8. The number of benzene rings is 1. The second-order valence-corrected chi connectivity index (χ2v) is 9.60. The monoisotopic (exact) mass is 425 g/mol. The number of aromatic nitrogens is 1. The van der Waals surface area contributed by atoms with E-state index in [1.807, 2.05) is 43.9 Å². The summed E-state index contributed by atoms with van der Waals surface area (Å²) < 4.78 is 11.0.